The lowest BCUT2D eigenvalue weighted by Gasteiger charge is -2.25. The summed E-state index contributed by atoms with van der Waals surface area (Å²) < 4.78 is 57.7. The van der Waals surface area contributed by atoms with Crippen LogP contribution in [0.15, 0.2) is 304 Å². The van der Waals surface area contributed by atoms with Gasteiger partial charge in [-0.05, 0) is 141 Å². The summed E-state index contributed by atoms with van der Waals surface area (Å²) in [5.74, 6) is 0. The first-order valence-electron chi connectivity index (χ1n) is 30.2. The van der Waals surface area contributed by atoms with Gasteiger partial charge in [0.25, 0.3) is 0 Å². The molecule has 0 aliphatic heterocycles. The molecule has 10 heteroatoms. The van der Waals surface area contributed by atoms with E-state index in [1.807, 2.05) is 247 Å². The molecule has 0 saturated carbocycles. The van der Waals surface area contributed by atoms with Crippen LogP contribution in [0.4, 0.5) is 13.2 Å². The molecular weight excluding hydrogens is 1140 g/mol. The van der Waals surface area contributed by atoms with E-state index in [4.69, 9.17) is 19.9 Å². The number of rotatable bonds is 11. The van der Waals surface area contributed by atoms with E-state index in [9.17, 15) is 5.26 Å². The number of hydrogen-bond acceptors (Lipinski definition) is 5. The topological polar surface area (TPSA) is 85.2 Å². The number of pyridine rings is 4. The van der Waals surface area contributed by atoms with Gasteiger partial charge >= 0.3 is 6.18 Å². The number of nitriles is 1. The fraction of sp³-hybridized carbons (Fsp3) is 0.0122. The molecule has 0 N–H and O–H groups in total. The Hall–Kier alpha value is -12.3. The number of nitrogens with zero attached hydrogens (tertiary/aromatic N) is 7. The molecule has 16 aromatic rings. The van der Waals surface area contributed by atoms with Crippen LogP contribution in [0.2, 0.25) is 0 Å². The van der Waals surface area contributed by atoms with Gasteiger partial charge in [-0.1, -0.05) is 188 Å². The van der Waals surface area contributed by atoms with Gasteiger partial charge in [-0.25, -0.2) is 0 Å². The van der Waals surface area contributed by atoms with Gasteiger partial charge in [-0.2, -0.15) is 18.4 Å². The van der Waals surface area contributed by atoms with Gasteiger partial charge in [0.1, 0.15) is 5.56 Å². The largest absolute Gasteiger partial charge is 0.420 e. The van der Waals surface area contributed by atoms with Crippen LogP contribution in [0, 0.1) is 11.3 Å². The Morgan fingerprint density at radius 2 is 0.620 bits per heavy atom. The molecule has 0 amide bonds. The van der Waals surface area contributed by atoms with Crippen molar-refractivity contribution in [3.63, 3.8) is 0 Å². The highest BCUT2D eigenvalue weighted by Gasteiger charge is 2.41. The van der Waals surface area contributed by atoms with E-state index in [1.54, 1.807) is 65.8 Å². The predicted octanol–water partition coefficient (Wildman–Crippen LogP) is 21.4. The maximum Gasteiger partial charge on any atom is 0.420 e. The molecule has 0 aliphatic rings. The predicted molar refractivity (Wildman–Crippen MR) is 365 cm³/mol. The van der Waals surface area contributed by atoms with Crippen LogP contribution in [-0.4, -0.2) is 29.1 Å². The van der Waals surface area contributed by atoms with Crippen LogP contribution in [0.3, 0.4) is 0 Å². The van der Waals surface area contributed by atoms with Gasteiger partial charge < -0.3 is 9.13 Å². The zero-order chi connectivity index (χ0) is 61.9. The quantitative estimate of drug-likeness (QED) is 0.129. The van der Waals surface area contributed by atoms with Crippen molar-refractivity contribution < 1.29 is 13.2 Å². The third-order valence-corrected chi connectivity index (χ3v) is 17.4. The summed E-state index contributed by atoms with van der Waals surface area (Å²) in [5.41, 5.74) is 15.4. The summed E-state index contributed by atoms with van der Waals surface area (Å²) in [6.45, 7) is 0. The Balaban J connectivity index is 1.02. The second-order valence-electron chi connectivity index (χ2n) is 22.8. The zero-order valence-corrected chi connectivity index (χ0v) is 49.1. The molecule has 0 fully saturated rings. The average molecular weight is 1190 g/mol. The third kappa shape index (κ3) is 9.91. The van der Waals surface area contributed by atoms with Crippen molar-refractivity contribution in [2.45, 2.75) is 6.18 Å². The van der Waals surface area contributed by atoms with Gasteiger partial charge in [-0.3, -0.25) is 19.9 Å². The fourth-order valence-electron chi connectivity index (χ4n) is 13.0. The monoisotopic (exact) mass is 1190 g/mol. The Bertz CT molecular complexity index is 5300. The smallest absolute Gasteiger partial charge is 0.309 e. The van der Waals surface area contributed by atoms with Crippen molar-refractivity contribution in [2.24, 2.45) is 0 Å². The summed E-state index contributed by atoms with van der Waals surface area (Å²) >= 11 is 0. The van der Waals surface area contributed by atoms with E-state index < -0.39 is 11.7 Å². The zero-order valence-electron chi connectivity index (χ0n) is 49.1. The van der Waals surface area contributed by atoms with Gasteiger partial charge in [0.15, 0.2) is 0 Å². The van der Waals surface area contributed by atoms with Crippen LogP contribution in [0.25, 0.3) is 156 Å². The molecule has 0 spiro atoms. The van der Waals surface area contributed by atoms with E-state index in [1.165, 1.54) is 0 Å². The molecule has 0 radical (unpaired) electrons. The molecule has 6 aromatic heterocycles. The van der Waals surface area contributed by atoms with E-state index in [2.05, 4.69) is 6.07 Å². The minimum Gasteiger partial charge on any atom is -0.309 e. The van der Waals surface area contributed by atoms with Crippen molar-refractivity contribution in [1.29, 1.82) is 5.26 Å². The Labute approximate surface area is 527 Å². The first-order valence-corrected chi connectivity index (χ1v) is 30.2. The minimum atomic E-state index is -5.03. The summed E-state index contributed by atoms with van der Waals surface area (Å²) in [6.07, 6.45) is 2.05. The Morgan fingerprint density at radius 1 is 0.293 bits per heavy atom. The maximum absolute atomic E-state index is 18.0. The van der Waals surface area contributed by atoms with E-state index in [0.29, 0.717) is 33.2 Å². The number of halogens is 3. The molecule has 10 aromatic carbocycles. The second-order valence-corrected chi connectivity index (χ2v) is 22.8. The normalized spacial score (nSPS) is 11.6. The number of aromatic nitrogens is 6. The van der Waals surface area contributed by atoms with Crippen molar-refractivity contribution in [2.75, 3.05) is 0 Å². The fourth-order valence-corrected chi connectivity index (χ4v) is 13.0. The Morgan fingerprint density at radius 3 is 0.957 bits per heavy atom. The highest BCUT2D eigenvalue weighted by atomic mass is 19.4. The molecule has 16 rings (SSSR count). The standard InChI is InChI=1S/C82H50F3N7/c83-82(84,85)80-75(91-76-47-57(61-34-38-87-71(43-61)53-15-5-1-6-16-53)24-28-67(76)68-29-25-58(48-77(68)91)62-35-39-88-72(44-62)54-17-7-2-8-18-54)33-32-66(65-23-13-14-52(42-65)51-86)81(80)92-78-49-59(63-36-40-89-73(45-63)55-19-9-3-10-20-55)26-30-69(78)70-31-27-60(50-79(70)92)64-37-41-90-74(46-64)56-21-11-4-12-22-56/h1-50H. The van der Waals surface area contributed by atoms with Crippen LogP contribution in [0.5, 0.6) is 0 Å². The molecule has 0 unspecified atom stereocenters. The molecule has 0 bridgehead atoms. The summed E-state index contributed by atoms with van der Waals surface area (Å²) in [7, 11) is 0. The second kappa shape index (κ2) is 22.7. The van der Waals surface area contributed by atoms with Crippen LogP contribution >= 0.6 is 0 Å². The van der Waals surface area contributed by atoms with Crippen molar-refractivity contribution in [1.82, 2.24) is 29.1 Å². The van der Waals surface area contributed by atoms with Crippen LogP contribution in [-0.2, 0) is 6.18 Å². The number of hydrogen-bond donors (Lipinski definition) is 0. The van der Waals surface area contributed by atoms with E-state index in [-0.39, 0.29) is 16.9 Å². The molecular formula is C82H50F3N7. The lowest BCUT2D eigenvalue weighted by molar-refractivity contribution is -0.137. The lowest BCUT2D eigenvalue weighted by atomic mass is 9.95. The maximum atomic E-state index is 18.0. The lowest BCUT2D eigenvalue weighted by Crippen LogP contribution is -2.17. The van der Waals surface area contributed by atoms with E-state index >= 15 is 13.2 Å². The van der Waals surface area contributed by atoms with Gasteiger partial charge in [0.2, 0.25) is 0 Å². The van der Waals surface area contributed by atoms with Gasteiger partial charge in [-0.15, -0.1) is 0 Å². The van der Waals surface area contributed by atoms with Crippen LogP contribution < -0.4 is 0 Å². The van der Waals surface area contributed by atoms with Crippen LogP contribution in [0.1, 0.15) is 11.1 Å². The SMILES string of the molecule is N#Cc1cccc(-c2ccc(-n3c4cc(-c5ccnc(-c6ccccc6)c5)ccc4c4ccc(-c5ccnc(-c6ccccc6)c5)cc43)c(C(F)(F)F)c2-n2c3cc(-c4ccnc(-c5ccccc5)c4)ccc3c3ccc(-c4ccnc(-c5ccccc5)c4)cc32)c1. The van der Waals surface area contributed by atoms with E-state index in [0.717, 1.165) is 111 Å². The Kier molecular flexibility index (Phi) is 13.6. The first-order chi connectivity index (χ1) is 45.2. The van der Waals surface area contributed by atoms with Crippen molar-refractivity contribution in [3.8, 4) is 118 Å². The summed E-state index contributed by atoms with van der Waals surface area (Å²) in [4.78, 5) is 19.0. The molecule has 7 nitrogen and oxygen atoms in total. The average Bonchev–Trinajstić information content (AvgIpc) is 1.52. The first kappa shape index (κ1) is 55.0. The van der Waals surface area contributed by atoms with Gasteiger partial charge in [0.05, 0.1) is 67.8 Å². The highest BCUT2D eigenvalue weighted by molar-refractivity contribution is 6.14. The molecule has 0 saturated heterocycles. The minimum absolute atomic E-state index is 0.0908. The molecule has 92 heavy (non-hydrogen) atoms. The highest BCUT2D eigenvalue weighted by Crippen LogP contribution is 2.50. The number of fused-ring (bicyclic) bond motifs is 6. The number of alkyl halides is 3. The third-order valence-electron chi connectivity index (χ3n) is 17.4. The molecule has 434 valence electrons. The molecule has 0 atom stereocenters. The molecule has 0 aliphatic carbocycles. The summed E-state index contributed by atoms with van der Waals surface area (Å²) in [5, 5.41) is 13.5. The van der Waals surface area contributed by atoms with Crippen molar-refractivity contribution >= 4 is 43.6 Å². The van der Waals surface area contributed by atoms with Crippen molar-refractivity contribution in [3.05, 3.63) is 315 Å². The summed E-state index contributed by atoms with van der Waals surface area (Å²) in [6, 6.07) is 92.1. The van der Waals surface area contributed by atoms with Gasteiger partial charge in [0, 0.05) is 74.1 Å². The number of benzene rings is 10. The molecule has 6 heterocycles.